The molecule has 0 aromatic carbocycles. The zero-order valence-electron chi connectivity index (χ0n) is 6.33. The van der Waals surface area contributed by atoms with Gasteiger partial charge in [0.15, 0.2) is 0 Å². The van der Waals surface area contributed by atoms with E-state index in [1.54, 1.807) is 0 Å². The monoisotopic (exact) mass is 272 g/mol. The minimum Gasteiger partial charge on any atom is -0.396 e. The number of alkyl halides is 1. The lowest BCUT2D eigenvalue weighted by Gasteiger charge is -2.12. The first-order chi connectivity index (χ1) is 5.34. The third kappa shape index (κ3) is 3.23. The fourth-order valence-electron chi connectivity index (χ4n) is 0.960. The van der Waals surface area contributed by atoms with Gasteiger partial charge in [-0.15, -0.1) is 0 Å². The number of halogens is 1. The molecule has 11 heavy (non-hydrogen) atoms. The van der Waals surface area contributed by atoms with Crippen molar-refractivity contribution in [3.63, 3.8) is 0 Å². The Morgan fingerprint density at radius 3 is 2.91 bits per heavy atom. The highest BCUT2D eigenvalue weighted by molar-refractivity contribution is 14.1. The highest BCUT2D eigenvalue weighted by atomic mass is 127. The molecule has 0 amide bonds. The maximum Gasteiger partial charge on any atom is 0.0948 e. The van der Waals surface area contributed by atoms with Crippen LogP contribution in [-0.2, 0) is 9.47 Å². The topological polar surface area (TPSA) is 38.7 Å². The van der Waals surface area contributed by atoms with E-state index in [2.05, 4.69) is 22.6 Å². The molecule has 0 spiro atoms. The molecule has 0 saturated carbocycles. The maximum atomic E-state index is 8.49. The molecule has 1 saturated heterocycles. The van der Waals surface area contributed by atoms with Gasteiger partial charge >= 0.3 is 0 Å². The van der Waals surface area contributed by atoms with Crippen LogP contribution in [0.2, 0.25) is 0 Å². The summed E-state index contributed by atoms with van der Waals surface area (Å²) < 4.78 is 11.1. The molecule has 1 N–H and O–H groups in total. The van der Waals surface area contributed by atoms with Crippen LogP contribution in [0.15, 0.2) is 0 Å². The summed E-state index contributed by atoms with van der Waals surface area (Å²) in [6, 6.07) is 0. The Balaban J connectivity index is 2.05. The Hall–Kier alpha value is 0.610. The Morgan fingerprint density at radius 1 is 1.55 bits per heavy atom. The van der Waals surface area contributed by atoms with Gasteiger partial charge in [-0.05, 0) is 6.42 Å². The molecule has 1 rings (SSSR count). The van der Waals surface area contributed by atoms with Gasteiger partial charge in [0.1, 0.15) is 0 Å². The van der Waals surface area contributed by atoms with Gasteiger partial charge in [-0.1, -0.05) is 22.6 Å². The fraction of sp³-hybridized carbons (Fsp3) is 1.00. The summed E-state index contributed by atoms with van der Waals surface area (Å²) in [5.74, 6) is 0. The van der Waals surface area contributed by atoms with Gasteiger partial charge < -0.3 is 14.6 Å². The SMILES string of the molecule is OCCCOC1COCC1I. The molecule has 2 unspecified atom stereocenters. The van der Waals surface area contributed by atoms with E-state index in [0.29, 0.717) is 17.1 Å². The summed E-state index contributed by atoms with van der Waals surface area (Å²) in [6.07, 6.45) is 0.960. The molecule has 1 fully saturated rings. The van der Waals surface area contributed by atoms with Crippen LogP contribution in [0.25, 0.3) is 0 Å². The first kappa shape index (κ1) is 9.70. The van der Waals surface area contributed by atoms with Gasteiger partial charge in [0.25, 0.3) is 0 Å². The van der Waals surface area contributed by atoms with Crippen molar-refractivity contribution in [3.8, 4) is 0 Å². The van der Waals surface area contributed by atoms with E-state index in [0.717, 1.165) is 13.0 Å². The van der Waals surface area contributed by atoms with Crippen molar-refractivity contribution in [2.75, 3.05) is 26.4 Å². The summed E-state index contributed by atoms with van der Waals surface area (Å²) in [6.45, 7) is 2.35. The van der Waals surface area contributed by atoms with Crippen LogP contribution in [0.4, 0.5) is 0 Å². The van der Waals surface area contributed by atoms with Crippen molar-refractivity contribution >= 4 is 22.6 Å². The van der Waals surface area contributed by atoms with Crippen LogP contribution >= 0.6 is 22.6 Å². The zero-order chi connectivity index (χ0) is 8.10. The third-order valence-electron chi connectivity index (χ3n) is 1.60. The molecule has 2 atom stereocenters. The largest absolute Gasteiger partial charge is 0.396 e. The van der Waals surface area contributed by atoms with Gasteiger partial charge in [-0.25, -0.2) is 0 Å². The van der Waals surface area contributed by atoms with E-state index in [-0.39, 0.29) is 12.7 Å². The molecule has 1 aliphatic rings. The molecule has 4 heteroatoms. The molecular weight excluding hydrogens is 259 g/mol. The van der Waals surface area contributed by atoms with E-state index in [1.807, 2.05) is 0 Å². The van der Waals surface area contributed by atoms with Crippen molar-refractivity contribution in [1.29, 1.82) is 0 Å². The Morgan fingerprint density at radius 2 is 2.36 bits per heavy atom. The highest BCUT2D eigenvalue weighted by Gasteiger charge is 2.25. The van der Waals surface area contributed by atoms with Gasteiger partial charge in [-0.2, -0.15) is 0 Å². The van der Waals surface area contributed by atoms with Crippen LogP contribution in [0.1, 0.15) is 6.42 Å². The van der Waals surface area contributed by atoms with Gasteiger partial charge in [-0.3, -0.25) is 0 Å². The molecule has 66 valence electrons. The van der Waals surface area contributed by atoms with Crippen molar-refractivity contribution < 1.29 is 14.6 Å². The zero-order valence-corrected chi connectivity index (χ0v) is 8.49. The normalized spacial score (nSPS) is 31.1. The predicted octanol–water partition coefficient (Wildman–Crippen LogP) is 0.588. The van der Waals surface area contributed by atoms with Crippen molar-refractivity contribution in [1.82, 2.24) is 0 Å². The van der Waals surface area contributed by atoms with Crippen molar-refractivity contribution in [3.05, 3.63) is 0 Å². The smallest absolute Gasteiger partial charge is 0.0948 e. The quantitative estimate of drug-likeness (QED) is 0.462. The standard InChI is InChI=1S/C7H13IO3/c8-6-4-10-5-7(6)11-3-1-2-9/h6-7,9H,1-5H2. The number of hydrogen-bond donors (Lipinski definition) is 1. The second-order valence-corrected chi connectivity index (χ2v) is 4.14. The second kappa shape index (κ2) is 5.29. The van der Waals surface area contributed by atoms with Crippen LogP contribution in [0, 0.1) is 0 Å². The van der Waals surface area contributed by atoms with Crippen LogP contribution in [0.3, 0.4) is 0 Å². The minimum atomic E-state index is 0.208. The van der Waals surface area contributed by atoms with E-state index >= 15 is 0 Å². The minimum absolute atomic E-state index is 0.208. The lowest BCUT2D eigenvalue weighted by atomic mass is 10.3. The predicted molar refractivity (Wildman–Crippen MR) is 50.1 cm³/mol. The van der Waals surface area contributed by atoms with E-state index in [9.17, 15) is 0 Å². The first-order valence-electron chi connectivity index (χ1n) is 3.79. The summed E-state index contributed by atoms with van der Waals surface area (Å²) in [4.78, 5) is 0. The van der Waals surface area contributed by atoms with Gasteiger partial charge in [0.2, 0.25) is 0 Å². The van der Waals surface area contributed by atoms with E-state index in [4.69, 9.17) is 14.6 Å². The number of rotatable bonds is 4. The average molecular weight is 272 g/mol. The maximum absolute atomic E-state index is 8.49. The van der Waals surface area contributed by atoms with Gasteiger partial charge in [0, 0.05) is 13.2 Å². The third-order valence-corrected chi connectivity index (χ3v) is 2.76. The van der Waals surface area contributed by atoms with Crippen LogP contribution in [0.5, 0.6) is 0 Å². The molecule has 3 nitrogen and oxygen atoms in total. The summed E-state index contributed by atoms with van der Waals surface area (Å²) in [5, 5.41) is 8.49. The molecule has 0 aliphatic carbocycles. The molecule has 1 heterocycles. The molecule has 0 aromatic heterocycles. The van der Waals surface area contributed by atoms with Crippen molar-refractivity contribution in [2.45, 2.75) is 16.4 Å². The lowest BCUT2D eigenvalue weighted by Crippen LogP contribution is -2.22. The summed E-state index contributed by atoms with van der Waals surface area (Å²) >= 11 is 2.33. The molecule has 0 aromatic rings. The molecular formula is C7H13IO3. The average Bonchev–Trinajstić information content (AvgIpc) is 2.37. The first-order valence-corrected chi connectivity index (χ1v) is 5.03. The second-order valence-electron chi connectivity index (χ2n) is 2.54. The number of ether oxygens (including phenoxy) is 2. The van der Waals surface area contributed by atoms with E-state index < -0.39 is 0 Å². The Bertz CT molecular complexity index is 110. The Labute approximate surface area is 80.2 Å². The lowest BCUT2D eigenvalue weighted by molar-refractivity contribution is 0.0380. The Kier molecular flexibility index (Phi) is 4.66. The van der Waals surface area contributed by atoms with Crippen LogP contribution < -0.4 is 0 Å². The number of aliphatic hydroxyl groups excluding tert-OH is 1. The van der Waals surface area contributed by atoms with Crippen molar-refractivity contribution in [2.24, 2.45) is 0 Å². The molecule has 1 aliphatic heterocycles. The van der Waals surface area contributed by atoms with Crippen LogP contribution in [-0.4, -0.2) is 41.6 Å². The van der Waals surface area contributed by atoms with E-state index in [1.165, 1.54) is 0 Å². The number of hydrogen-bond acceptors (Lipinski definition) is 3. The highest BCUT2D eigenvalue weighted by Crippen LogP contribution is 2.17. The molecule has 0 bridgehead atoms. The fourth-order valence-corrected chi connectivity index (χ4v) is 1.63. The summed E-state index contributed by atoms with van der Waals surface area (Å²) in [7, 11) is 0. The molecule has 0 radical (unpaired) electrons. The number of aliphatic hydroxyl groups is 1. The summed E-state index contributed by atoms with van der Waals surface area (Å²) in [5.41, 5.74) is 0. The van der Waals surface area contributed by atoms with Gasteiger partial charge in [0.05, 0.1) is 23.2 Å².